The van der Waals surface area contributed by atoms with Crippen LogP contribution in [0.25, 0.3) is 0 Å². The number of carboxylic acid groups (broad SMARTS) is 1. The summed E-state index contributed by atoms with van der Waals surface area (Å²) >= 11 is 0. The molecule has 22 heavy (non-hydrogen) atoms. The lowest BCUT2D eigenvalue weighted by Crippen LogP contribution is -2.57. The second kappa shape index (κ2) is 6.88. The van der Waals surface area contributed by atoms with Crippen LogP contribution in [0.2, 0.25) is 0 Å². The third kappa shape index (κ3) is 4.37. The van der Waals surface area contributed by atoms with Crippen LogP contribution in [0.1, 0.15) is 40.5 Å². The van der Waals surface area contributed by atoms with Gasteiger partial charge in [-0.25, -0.2) is 4.79 Å². The molecule has 1 rings (SSSR count). The maximum Gasteiger partial charge on any atom is 0.341 e. The van der Waals surface area contributed by atoms with Gasteiger partial charge in [0.15, 0.2) is 6.10 Å². The quantitative estimate of drug-likeness (QED) is 0.426. The van der Waals surface area contributed by atoms with Crippen LogP contribution in [0, 0.1) is 0 Å². The summed E-state index contributed by atoms with van der Waals surface area (Å²) in [7, 11) is 0. The fraction of sp³-hybridized carbons (Fsp3) is 0.846. The highest BCUT2D eigenvalue weighted by Crippen LogP contribution is 2.38. The van der Waals surface area contributed by atoms with Gasteiger partial charge in [0.1, 0.15) is 0 Å². The minimum atomic E-state index is -2.92. The van der Waals surface area contributed by atoms with Crippen molar-refractivity contribution in [3.05, 3.63) is 0 Å². The van der Waals surface area contributed by atoms with E-state index < -0.39 is 30.2 Å². The summed E-state index contributed by atoms with van der Waals surface area (Å²) in [5.74, 6) is -3.34. The summed E-state index contributed by atoms with van der Waals surface area (Å²) in [6.07, 6.45) is -0.299. The van der Waals surface area contributed by atoms with Crippen LogP contribution in [-0.4, -0.2) is 66.8 Å². The van der Waals surface area contributed by atoms with Gasteiger partial charge in [-0.15, -0.1) is 10.3 Å². The summed E-state index contributed by atoms with van der Waals surface area (Å²) < 4.78 is 0. The second-order valence-corrected chi connectivity index (χ2v) is 6.61. The first-order valence-corrected chi connectivity index (χ1v) is 6.74. The van der Waals surface area contributed by atoms with Gasteiger partial charge in [-0.2, -0.15) is 0 Å². The molecule has 1 saturated heterocycles. The molecular weight excluding hydrogens is 296 g/mol. The highest BCUT2D eigenvalue weighted by atomic mass is 16.5. The van der Waals surface area contributed by atoms with Gasteiger partial charge in [0, 0.05) is 11.1 Å². The van der Waals surface area contributed by atoms with E-state index in [1.165, 1.54) is 5.06 Å². The molecule has 0 aromatic rings. The molecule has 1 aliphatic rings. The average Bonchev–Trinajstić information content (AvgIpc) is 2.60. The van der Waals surface area contributed by atoms with Crippen molar-refractivity contribution in [3.63, 3.8) is 0 Å². The van der Waals surface area contributed by atoms with E-state index in [-0.39, 0.29) is 11.1 Å². The molecule has 9 nitrogen and oxygen atoms in total. The lowest BCUT2D eigenvalue weighted by Gasteiger charge is -2.31. The molecule has 1 fully saturated rings. The van der Waals surface area contributed by atoms with Crippen LogP contribution in [0.15, 0.2) is 0 Å². The molecule has 0 bridgehead atoms. The highest BCUT2D eigenvalue weighted by molar-refractivity contribution is 5.89. The Balaban J connectivity index is 0.000000406. The topological polar surface area (TPSA) is 164 Å². The van der Waals surface area contributed by atoms with E-state index in [1.807, 2.05) is 27.7 Å². The van der Waals surface area contributed by atoms with Crippen LogP contribution in [0.3, 0.4) is 0 Å². The number of aliphatic carboxylic acids is 1. The number of nitrogens with two attached hydrogens (primary N) is 1. The Bertz CT molecular complexity index is 409. The van der Waals surface area contributed by atoms with Crippen molar-refractivity contribution in [2.75, 3.05) is 6.61 Å². The monoisotopic (exact) mass is 321 g/mol. The van der Waals surface area contributed by atoms with Gasteiger partial charge in [0.2, 0.25) is 11.5 Å². The first kappa shape index (κ1) is 20.7. The Morgan fingerprint density at radius 2 is 1.59 bits per heavy atom. The van der Waals surface area contributed by atoms with Crippen molar-refractivity contribution in [2.45, 2.75) is 63.3 Å². The number of aliphatic hydroxyl groups excluding tert-OH is 2. The maximum absolute atomic E-state index is 11.5. The Labute approximate surface area is 128 Å². The van der Waals surface area contributed by atoms with Gasteiger partial charge in [0.05, 0.1) is 6.61 Å². The molecule has 0 aromatic carbocycles. The largest absolute Gasteiger partial charge is 0.479 e. The molecule has 9 heteroatoms. The van der Waals surface area contributed by atoms with E-state index in [2.05, 4.69) is 5.73 Å². The third-order valence-electron chi connectivity index (χ3n) is 3.78. The standard InChI is InChI=1S/C8H16NO.C5H9NO6/c1-7(2)5-6-8(3,4)9(7)10;6-3(9)2(8)5(12,1-7)4(10)11/h5-6H2,1-4H3;2,7-8,12H,1H2,(H2,6,9)(H,10,11). The first-order valence-electron chi connectivity index (χ1n) is 6.74. The summed E-state index contributed by atoms with van der Waals surface area (Å²) in [6.45, 7) is 6.74. The molecule has 2 unspecified atom stereocenters. The Kier molecular flexibility index (Phi) is 6.49. The van der Waals surface area contributed by atoms with Crippen LogP contribution in [0.5, 0.6) is 0 Å². The molecule has 1 heterocycles. The highest BCUT2D eigenvalue weighted by Gasteiger charge is 2.46. The summed E-state index contributed by atoms with van der Waals surface area (Å²) in [5, 5.41) is 47.0. The zero-order chi connectivity index (χ0) is 17.9. The molecule has 0 saturated carbocycles. The molecule has 0 spiro atoms. The van der Waals surface area contributed by atoms with E-state index in [1.54, 1.807) is 0 Å². The number of carbonyl (C=O) groups is 2. The fourth-order valence-corrected chi connectivity index (χ4v) is 2.14. The van der Waals surface area contributed by atoms with E-state index in [4.69, 9.17) is 20.4 Å². The zero-order valence-corrected chi connectivity index (χ0v) is 13.2. The summed E-state index contributed by atoms with van der Waals surface area (Å²) in [5.41, 5.74) is 1.32. The van der Waals surface area contributed by atoms with Crippen LogP contribution >= 0.6 is 0 Å². The van der Waals surface area contributed by atoms with Crippen LogP contribution < -0.4 is 5.73 Å². The minimum Gasteiger partial charge on any atom is -0.479 e. The van der Waals surface area contributed by atoms with Gasteiger partial charge in [0.25, 0.3) is 0 Å². The molecule has 0 aliphatic carbocycles. The molecular formula is C13H25N2O7. The lowest BCUT2D eigenvalue weighted by atomic mass is 9.97. The van der Waals surface area contributed by atoms with E-state index in [0.29, 0.717) is 0 Å². The van der Waals surface area contributed by atoms with Crippen LogP contribution in [-0.2, 0) is 14.8 Å². The maximum atomic E-state index is 11.5. The number of hydroxylamine groups is 2. The molecule has 6 N–H and O–H groups in total. The van der Waals surface area contributed by atoms with Crippen molar-refractivity contribution in [1.29, 1.82) is 0 Å². The van der Waals surface area contributed by atoms with Gasteiger partial charge in [-0.3, -0.25) is 4.79 Å². The number of carbonyl (C=O) groups excluding carboxylic acids is 1. The normalized spacial score (nSPS) is 23.8. The SMILES string of the molecule is CC1(C)CCC(C)(C)N1[O].NC(=O)C(O)C(O)(CO)C(=O)O. The molecule has 129 valence electrons. The number of aliphatic hydroxyl groups is 3. The second-order valence-electron chi connectivity index (χ2n) is 6.61. The lowest BCUT2D eigenvalue weighted by molar-refractivity contribution is -0.244. The number of primary amides is 1. The van der Waals surface area contributed by atoms with E-state index >= 15 is 0 Å². The first-order chi connectivity index (χ1) is 9.72. The number of rotatable bonds is 4. The summed E-state index contributed by atoms with van der Waals surface area (Å²) in [4.78, 5) is 20.5. The van der Waals surface area contributed by atoms with E-state index in [9.17, 15) is 14.8 Å². The predicted molar refractivity (Wildman–Crippen MR) is 74.8 cm³/mol. The van der Waals surface area contributed by atoms with Gasteiger partial charge < -0.3 is 26.2 Å². The molecule has 2 atom stereocenters. The van der Waals surface area contributed by atoms with E-state index in [0.717, 1.165) is 12.8 Å². The minimum absolute atomic E-state index is 0.135. The van der Waals surface area contributed by atoms with Crippen molar-refractivity contribution in [2.24, 2.45) is 5.73 Å². The Hall–Kier alpha value is -1.26. The molecule has 1 amide bonds. The number of carboxylic acids is 1. The van der Waals surface area contributed by atoms with Gasteiger partial charge in [-0.1, -0.05) is 0 Å². The summed E-state index contributed by atoms with van der Waals surface area (Å²) in [6, 6.07) is 0. The number of amides is 1. The molecule has 0 aromatic heterocycles. The van der Waals surface area contributed by atoms with Crippen molar-refractivity contribution in [1.82, 2.24) is 5.06 Å². The molecule has 1 aliphatic heterocycles. The van der Waals surface area contributed by atoms with Crippen molar-refractivity contribution < 1.29 is 35.2 Å². The smallest absolute Gasteiger partial charge is 0.341 e. The Morgan fingerprint density at radius 1 is 1.23 bits per heavy atom. The Morgan fingerprint density at radius 3 is 1.68 bits per heavy atom. The third-order valence-corrected chi connectivity index (χ3v) is 3.78. The van der Waals surface area contributed by atoms with Crippen molar-refractivity contribution >= 4 is 11.9 Å². The van der Waals surface area contributed by atoms with Gasteiger partial charge in [-0.05, 0) is 40.5 Å². The predicted octanol–water partition coefficient (Wildman–Crippen LogP) is -1.37. The van der Waals surface area contributed by atoms with Crippen LogP contribution in [0.4, 0.5) is 0 Å². The number of hydrogen-bond acceptors (Lipinski definition) is 6. The van der Waals surface area contributed by atoms with Crippen molar-refractivity contribution in [3.8, 4) is 0 Å². The average molecular weight is 321 g/mol. The number of hydrogen-bond donors (Lipinski definition) is 5. The fourth-order valence-electron chi connectivity index (χ4n) is 2.14. The number of nitrogens with zero attached hydrogens (tertiary/aromatic N) is 1. The van der Waals surface area contributed by atoms with Gasteiger partial charge >= 0.3 is 5.97 Å². The zero-order valence-electron chi connectivity index (χ0n) is 13.2. The molecule has 1 radical (unpaired) electrons.